The third-order valence-electron chi connectivity index (χ3n) is 6.15. The van der Waals surface area contributed by atoms with E-state index in [4.69, 9.17) is 0 Å². The van der Waals surface area contributed by atoms with Gasteiger partial charge in [0.05, 0.1) is 22.8 Å². The second-order valence-electron chi connectivity index (χ2n) is 8.62. The van der Waals surface area contributed by atoms with Gasteiger partial charge >= 0.3 is 0 Å². The molecule has 6 nitrogen and oxygen atoms in total. The van der Waals surface area contributed by atoms with Crippen LogP contribution in [0.3, 0.4) is 0 Å². The molecule has 36 heavy (non-hydrogen) atoms. The first-order valence-corrected chi connectivity index (χ1v) is 12.2. The Morgan fingerprint density at radius 3 is 2.39 bits per heavy atom. The van der Waals surface area contributed by atoms with Crippen LogP contribution >= 0.6 is 11.8 Å². The smallest absolute Gasteiger partial charge is 0.293 e. The van der Waals surface area contributed by atoms with Gasteiger partial charge in [0.15, 0.2) is 0 Å². The molecule has 0 radical (unpaired) electrons. The quantitative estimate of drug-likeness (QED) is 0.227. The van der Waals surface area contributed by atoms with Crippen molar-refractivity contribution >= 4 is 51.1 Å². The standard InChI is InChI=1S/C29H23N3O3S/c1-18-10-11-23(14-19(18)2)30-31-24-12-13-26(33)22(15-24)16-27-28(34)32(29(35)36-27)17-21-8-5-7-20-6-3-4-9-25(20)21/h3-16,33H,17H2,1-2H3/b27-16-,31-30?. The first kappa shape index (κ1) is 23.5. The second kappa shape index (κ2) is 9.79. The third-order valence-corrected chi connectivity index (χ3v) is 7.06. The van der Waals surface area contributed by atoms with Crippen molar-refractivity contribution < 1.29 is 14.7 Å². The molecule has 0 unspecified atom stereocenters. The molecule has 4 aromatic rings. The zero-order valence-electron chi connectivity index (χ0n) is 19.8. The topological polar surface area (TPSA) is 82.3 Å². The Hall–Kier alpha value is -4.23. The van der Waals surface area contributed by atoms with E-state index in [9.17, 15) is 14.7 Å². The molecule has 178 valence electrons. The van der Waals surface area contributed by atoms with E-state index in [1.807, 2.05) is 74.5 Å². The van der Waals surface area contributed by atoms with Crippen molar-refractivity contribution in [3.8, 4) is 5.75 Å². The van der Waals surface area contributed by atoms with E-state index in [0.717, 1.165) is 39.3 Å². The lowest BCUT2D eigenvalue weighted by Gasteiger charge is -2.14. The molecular weight excluding hydrogens is 470 g/mol. The number of phenolic OH excluding ortho intramolecular Hbond substituents is 1. The van der Waals surface area contributed by atoms with E-state index >= 15 is 0 Å². The molecule has 1 aliphatic heterocycles. The molecule has 4 aromatic carbocycles. The molecule has 1 fully saturated rings. The minimum atomic E-state index is -0.389. The summed E-state index contributed by atoms with van der Waals surface area (Å²) in [7, 11) is 0. The molecule has 1 aliphatic rings. The number of rotatable bonds is 5. The van der Waals surface area contributed by atoms with Gasteiger partial charge in [-0.3, -0.25) is 14.5 Å². The van der Waals surface area contributed by atoms with Gasteiger partial charge in [-0.15, -0.1) is 0 Å². The summed E-state index contributed by atoms with van der Waals surface area (Å²) in [5.41, 5.74) is 4.83. The molecule has 1 N–H and O–H groups in total. The largest absolute Gasteiger partial charge is 0.507 e. The number of imide groups is 1. The number of aryl methyl sites for hydroxylation is 2. The predicted octanol–water partition coefficient (Wildman–Crippen LogP) is 7.81. The van der Waals surface area contributed by atoms with Crippen LogP contribution in [0.15, 0.2) is 94.0 Å². The summed E-state index contributed by atoms with van der Waals surface area (Å²) < 4.78 is 0. The van der Waals surface area contributed by atoms with Crippen molar-refractivity contribution in [1.82, 2.24) is 4.90 Å². The van der Waals surface area contributed by atoms with Crippen LogP contribution in [0, 0.1) is 13.8 Å². The highest BCUT2D eigenvalue weighted by atomic mass is 32.2. The van der Waals surface area contributed by atoms with Crippen LogP contribution in [-0.2, 0) is 11.3 Å². The number of fused-ring (bicyclic) bond motifs is 1. The summed E-state index contributed by atoms with van der Waals surface area (Å²) in [6.07, 6.45) is 1.53. The highest BCUT2D eigenvalue weighted by Gasteiger charge is 2.35. The van der Waals surface area contributed by atoms with Gasteiger partial charge in [-0.25, -0.2) is 0 Å². The number of thioether (sulfide) groups is 1. The SMILES string of the molecule is Cc1ccc(N=Nc2ccc(O)c(/C=C3\SC(=O)N(Cc4cccc5ccccc45)C3=O)c2)cc1C. The predicted molar refractivity (Wildman–Crippen MR) is 144 cm³/mol. The molecule has 2 amide bonds. The Morgan fingerprint density at radius 2 is 1.58 bits per heavy atom. The Kier molecular flexibility index (Phi) is 6.40. The zero-order chi connectivity index (χ0) is 25.2. The summed E-state index contributed by atoms with van der Waals surface area (Å²) in [6.45, 7) is 4.23. The summed E-state index contributed by atoms with van der Waals surface area (Å²) >= 11 is 0.862. The van der Waals surface area contributed by atoms with Crippen molar-refractivity contribution in [3.05, 3.63) is 106 Å². The summed E-state index contributed by atoms with van der Waals surface area (Å²) in [5.74, 6) is -0.402. The summed E-state index contributed by atoms with van der Waals surface area (Å²) in [4.78, 5) is 27.3. The second-order valence-corrected chi connectivity index (χ2v) is 9.61. The van der Waals surface area contributed by atoms with Crippen molar-refractivity contribution in [2.24, 2.45) is 10.2 Å². The van der Waals surface area contributed by atoms with Crippen molar-refractivity contribution in [3.63, 3.8) is 0 Å². The molecule has 7 heteroatoms. The van der Waals surface area contributed by atoms with E-state index in [1.165, 1.54) is 22.6 Å². The Balaban J connectivity index is 1.39. The Labute approximate surface area is 213 Å². The number of nitrogens with zero attached hydrogens (tertiary/aromatic N) is 3. The number of hydrogen-bond donors (Lipinski definition) is 1. The maximum Gasteiger partial charge on any atom is 0.293 e. The fourth-order valence-electron chi connectivity index (χ4n) is 4.00. The molecule has 0 aliphatic carbocycles. The molecule has 1 saturated heterocycles. The number of aromatic hydroxyl groups is 1. The fraction of sp³-hybridized carbons (Fsp3) is 0.103. The van der Waals surface area contributed by atoms with Crippen molar-refractivity contribution in [1.29, 1.82) is 0 Å². The van der Waals surface area contributed by atoms with Gasteiger partial charge in [0.1, 0.15) is 5.75 Å². The molecule has 0 spiro atoms. The normalized spacial score (nSPS) is 15.1. The number of azo groups is 1. The lowest BCUT2D eigenvalue weighted by Crippen LogP contribution is -2.27. The van der Waals surface area contributed by atoms with E-state index < -0.39 is 0 Å². The van der Waals surface area contributed by atoms with Gasteiger partial charge in [-0.1, -0.05) is 48.5 Å². The molecule has 5 rings (SSSR count). The van der Waals surface area contributed by atoms with Crippen LogP contribution in [0.2, 0.25) is 0 Å². The average molecular weight is 494 g/mol. The molecular formula is C29H23N3O3S. The van der Waals surface area contributed by atoms with Crippen LogP contribution in [-0.4, -0.2) is 21.2 Å². The molecule has 0 saturated carbocycles. The number of amides is 2. The van der Waals surface area contributed by atoms with Crippen LogP contribution < -0.4 is 0 Å². The lowest BCUT2D eigenvalue weighted by molar-refractivity contribution is -0.123. The molecule has 0 bridgehead atoms. The van der Waals surface area contributed by atoms with Gasteiger partial charge in [0, 0.05) is 5.56 Å². The molecule has 0 aromatic heterocycles. The van der Waals surface area contributed by atoms with E-state index in [1.54, 1.807) is 12.1 Å². The number of hydrogen-bond acceptors (Lipinski definition) is 6. The highest BCUT2D eigenvalue weighted by molar-refractivity contribution is 8.18. The monoisotopic (exact) mass is 493 g/mol. The van der Waals surface area contributed by atoms with Gasteiger partial charge in [-0.05, 0) is 89.5 Å². The zero-order valence-corrected chi connectivity index (χ0v) is 20.6. The number of carbonyl (C=O) groups is 2. The maximum absolute atomic E-state index is 13.1. The number of phenols is 1. The van der Waals surface area contributed by atoms with Crippen molar-refractivity contribution in [2.45, 2.75) is 20.4 Å². The van der Waals surface area contributed by atoms with Crippen LogP contribution in [0.5, 0.6) is 5.75 Å². The first-order valence-electron chi connectivity index (χ1n) is 11.4. The summed E-state index contributed by atoms with van der Waals surface area (Å²) in [5, 5.41) is 20.6. The number of benzene rings is 4. The third kappa shape index (κ3) is 4.78. The lowest BCUT2D eigenvalue weighted by atomic mass is 10.0. The van der Waals surface area contributed by atoms with E-state index in [-0.39, 0.29) is 28.3 Å². The van der Waals surface area contributed by atoms with Gasteiger partial charge in [0.25, 0.3) is 11.1 Å². The minimum absolute atomic E-state index is 0.0130. The van der Waals surface area contributed by atoms with Crippen LogP contribution in [0.4, 0.5) is 16.2 Å². The number of carbonyl (C=O) groups excluding carboxylic acids is 2. The van der Waals surface area contributed by atoms with Crippen LogP contribution in [0.25, 0.3) is 16.8 Å². The van der Waals surface area contributed by atoms with Gasteiger partial charge < -0.3 is 5.11 Å². The van der Waals surface area contributed by atoms with Crippen LogP contribution in [0.1, 0.15) is 22.3 Å². The summed E-state index contributed by atoms with van der Waals surface area (Å²) in [6, 6.07) is 24.3. The Morgan fingerprint density at radius 1 is 0.861 bits per heavy atom. The Bertz CT molecular complexity index is 1570. The van der Waals surface area contributed by atoms with Gasteiger partial charge in [-0.2, -0.15) is 10.2 Å². The van der Waals surface area contributed by atoms with E-state index in [0.29, 0.717) is 11.3 Å². The highest BCUT2D eigenvalue weighted by Crippen LogP contribution is 2.36. The molecule has 0 atom stereocenters. The van der Waals surface area contributed by atoms with E-state index in [2.05, 4.69) is 10.2 Å². The first-order chi connectivity index (χ1) is 17.4. The minimum Gasteiger partial charge on any atom is -0.507 e. The average Bonchev–Trinajstić information content (AvgIpc) is 3.14. The van der Waals surface area contributed by atoms with Crippen molar-refractivity contribution in [2.75, 3.05) is 0 Å². The maximum atomic E-state index is 13.1. The van der Waals surface area contributed by atoms with Gasteiger partial charge in [0.2, 0.25) is 0 Å². The molecule has 1 heterocycles. The fourth-order valence-corrected chi connectivity index (χ4v) is 4.83.